The highest BCUT2D eigenvalue weighted by atomic mass is 28.3. The molecule has 2 aromatic carbocycles. The summed E-state index contributed by atoms with van der Waals surface area (Å²) in [6.07, 6.45) is 3.84. The van der Waals surface area contributed by atoms with Gasteiger partial charge in [0.15, 0.2) is 0 Å². The van der Waals surface area contributed by atoms with E-state index in [0.29, 0.717) is 0 Å². The number of benzene rings is 2. The lowest BCUT2D eigenvalue weighted by Crippen LogP contribution is -2.00. The monoisotopic (exact) mass is 298 g/mol. The predicted molar refractivity (Wildman–Crippen MR) is 94.9 cm³/mol. The highest BCUT2D eigenvalue weighted by Gasteiger charge is 1.99. The van der Waals surface area contributed by atoms with Crippen LogP contribution in [0.3, 0.4) is 0 Å². The molecule has 0 aliphatic carbocycles. The molecule has 2 rings (SSSR count). The Bertz CT molecular complexity index is 505. The summed E-state index contributed by atoms with van der Waals surface area (Å²) in [7, 11) is -0.358. The summed E-state index contributed by atoms with van der Waals surface area (Å²) >= 11 is 0. The van der Waals surface area contributed by atoms with Gasteiger partial charge in [0, 0.05) is 8.80 Å². The molecule has 0 spiro atoms. The van der Waals surface area contributed by atoms with Crippen molar-refractivity contribution >= 4 is 8.80 Å². The summed E-state index contributed by atoms with van der Waals surface area (Å²) in [4.78, 5) is 0. The van der Waals surface area contributed by atoms with Gasteiger partial charge < -0.3 is 4.74 Å². The van der Waals surface area contributed by atoms with E-state index in [2.05, 4.69) is 61.6 Å². The zero-order valence-electron chi connectivity index (χ0n) is 13.2. The van der Waals surface area contributed by atoms with Crippen molar-refractivity contribution in [1.82, 2.24) is 0 Å². The molecular weight excluding hydrogens is 272 g/mol. The second-order valence-electron chi connectivity index (χ2n) is 5.98. The van der Waals surface area contributed by atoms with E-state index < -0.39 is 0 Å². The van der Waals surface area contributed by atoms with Crippen LogP contribution in [-0.2, 0) is 0 Å². The van der Waals surface area contributed by atoms with Crippen molar-refractivity contribution in [2.24, 2.45) is 0 Å². The molecule has 112 valence electrons. The van der Waals surface area contributed by atoms with Crippen LogP contribution < -0.4 is 4.74 Å². The van der Waals surface area contributed by atoms with E-state index in [1.807, 2.05) is 6.07 Å². The van der Waals surface area contributed by atoms with Crippen LogP contribution in [0, 0.1) is 0 Å². The minimum atomic E-state index is -0.358. The zero-order valence-corrected chi connectivity index (χ0v) is 14.4. The molecule has 0 atom stereocenters. The molecular formula is C19H26OSi. The Labute approximate surface area is 130 Å². The fraction of sp³-hybridized carbons (Fsp3) is 0.368. The van der Waals surface area contributed by atoms with Gasteiger partial charge in [0.2, 0.25) is 0 Å². The largest absolute Gasteiger partial charge is 0.494 e. The molecule has 2 heteroatoms. The number of ether oxygens (including phenoxy) is 1. The first-order chi connectivity index (χ1) is 10.3. The van der Waals surface area contributed by atoms with E-state index >= 15 is 0 Å². The van der Waals surface area contributed by atoms with Gasteiger partial charge in [-0.25, -0.2) is 0 Å². The van der Waals surface area contributed by atoms with Gasteiger partial charge in [0.05, 0.1) is 6.61 Å². The third kappa shape index (κ3) is 5.76. The molecule has 2 aromatic rings. The van der Waals surface area contributed by atoms with Crippen molar-refractivity contribution < 1.29 is 4.74 Å². The minimum Gasteiger partial charge on any atom is -0.494 e. The Kier molecular flexibility index (Phi) is 6.55. The third-order valence-electron chi connectivity index (χ3n) is 3.66. The third-order valence-corrected chi connectivity index (χ3v) is 5.22. The Hall–Kier alpha value is -1.54. The topological polar surface area (TPSA) is 9.23 Å². The van der Waals surface area contributed by atoms with Crippen LogP contribution in [0.1, 0.15) is 19.3 Å². The van der Waals surface area contributed by atoms with E-state index in [1.54, 1.807) is 0 Å². The molecule has 0 saturated heterocycles. The lowest BCUT2D eigenvalue weighted by Gasteiger charge is -2.08. The molecule has 0 unspecified atom stereocenters. The lowest BCUT2D eigenvalue weighted by molar-refractivity contribution is 0.306. The predicted octanol–water partition coefficient (Wildman–Crippen LogP) is 5.39. The first-order valence-corrected chi connectivity index (χ1v) is 11.2. The van der Waals surface area contributed by atoms with Crippen molar-refractivity contribution in [3.63, 3.8) is 0 Å². The zero-order chi connectivity index (χ0) is 14.9. The molecule has 21 heavy (non-hydrogen) atoms. The highest BCUT2D eigenvalue weighted by Crippen LogP contribution is 2.22. The minimum absolute atomic E-state index is 0.358. The van der Waals surface area contributed by atoms with Crippen molar-refractivity contribution in [1.29, 1.82) is 0 Å². The highest BCUT2D eigenvalue weighted by molar-refractivity contribution is 6.55. The number of hydrogen-bond donors (Lipinski definition) is 0. The second-order valence-corrected chi connectivity index (χ2v) is 9.35. The van der Waals surface area contributed by atoms with Gasteiger partial charge >= 0.3 is 0 Å². The fourth-order valence-corrected chi connectivity index (χ4v) is 3.50. The van der Waals surface area contributed by atoms with Gasteiger partial charge in [-0.15, -0.1) is 0 Å². The van der Waals surface area contributed by atoms with Gasteiger partial charge in [-0.1, -0.05) is 74.4 Å². The summed E-state index contributed by atoms with van der Waals surface area (Å²) in [5, 5.41) is 0. The molecule has 0 fully saturated rings. The van der Waals surface area contributed by atoms with Crippen LogP contribution in [0.25, 0.3) is 11.1 Å². The van der Waals surface area contributed by atoms with Crippen molar-refractivity contribution in [2.45, 2.75) is 38.4 Å². The van der Waals surface area contributed by atoms with Gasteiger partial charge in [0.25, 0.3) is 0 Å². The molecule has 0 aromatic heterocycles. The van der Waals surface area contributed by atoms with Gasteiger partial charge in [0.1, 0.15) is 5.75 Å². The van der Waals surface area contributed by atoms with E-state index in [0.717, 1.165) is 12.4 Å². The molecule has 0 aliphatic rings. The second kappa shape index (κ2) is 8.68. The van der Waals surface area contributed by atoms with Gasteiger partial charge in [-0.3, -0.25) is 0 Å². The molecule has 1 nitrogen and oxygen atoms in total. The molecule has 0 amide bonds. The lowest BCUT2D eigenvalue weighted by atomic mass is 10.1. The van der Waals surface area contributed by atoms with Crippen LogP contribution in [0.2, 0.25) is 19.1 Å². The maximum atomic E-state index is 5.82. The van der Waals surface area contributed by atoms with Crippen molar-refractivity contribution in [3.05, 3.63) is 54.6 Å². The first-order valence-electron chi connectivity index (χ1n) is 8.04. The van der Waals surface area contributed by atoms with Gasteiger partial charge in [-0.2, -0.15) is 0 Å². The Balaban J connectivity index is 1.73. The van der Waals surface area contributed by atoms with Crippen LogP contribution in [0.15, 0.2) is 54.6 Å². The fourth-order valence-electron chi connectivity index (χ4n) is 2.40. The number of unbranched alkanes of at least 4 members (excludes halogenated alkanes) is 2. The van der Waals surface area contributed by atoms with Crippen molar-refractivity contribution in [2.75, 3.05) is 6.61 Å². The quantitative estimate of drug-likeness (QED) is 0.469. The Morgan fingerprint density at radius 2 is 1.43 bits per heavy atom. The van der Waals surface area contributed by atoms with Crippen molar-refractivity contribution in [3.8, 4) is 16.9 Å². The summed E-state index contributed by atoms with van der Waals surface area (Å²) in [6, 6.07) is 20.3. The maximum absolute atomic E-state index is 5.82. The number of rotatable bonds is 8. The maximum Gasteiger partial charge on any atom is 0.119 e. The smallest absolute Gasteiger partial charge is 0.119 e. The molecule has 0 radical (unpaired) electrons. The summed E-state index contributed by atoms with van der Waals surface area (Å²) in [6.45, 7) is 5.68. The van der Waals surface area contributed by atoms with Crippen LogP contribution in [0.5, 0.6) is 5.75 Å². The van der Waals surface area contributed by atoms with E-state index in [-0.39, 0.29) is 8.80 Å². The standard InChI is InChI=1S/C19H26OSi/c1-21(2)16-8-4-7-15-20-19-13-11-18(12-14-19)17-9-5-3-6-10-17/h3,5-6,9-14,21H,4,7-8,15-16H2,1-2H3. The normalized spacial score (nSPS) is 10.8. The average Bonchev–Trinajstić information content (AvgIpc) is 2.52. The molecule has 0 N–H and O–H groups in total. The van der Waals surface area contributed by atoms with E-state index in [9.17, 15) is 0 Å². The SMILES string of the molecule is C[SiH](C)CCCCCOc1ccc(-c2ccccc2)cc1. The molecule has 0 saturated carbocycles. The molecule has 0 heterocycles. The van der Waals surface area contributed by atoms with E-state index in [1.165, 1.54) is 36.4 Å². The Morgan fingerprint density at radius 3 is 2.10 bits per heavy atom. The first kappa shape index (κ1) is 15.8. The number of hydrogen-bond acceptors (Lipinski definition) is 1. The van der Waals surface area contributed by atoms with Crippen LogP contribution in [-0.4, -0.2) is 15.4 Å². The average molecular weight is 299 g/mol. The summed E-state index contributed by atoms with van der Waals surface area (Å²) < 4.78 is 5.82. The Morgan fingerprint density at radius 1 is 0.762 bits per heavy atom. The summed E-state index contributed by atoms with van der Waals surface area (Å²) in [5.74, 6) is 0.980. The molecule has 0 bridgehead atoms. The summed E-state index contributed by atoms with van der Waals surface area (Å²) in [5.41, 5.74) is 2.49. The van der Waals surface area contributed by atoms with Crippen LogP contribution in [0.4, 0.5) is 0 Å². The van der Waals surface area contributed by atoms with Gasteiger partial charge in [-0.05, 0) is 29.7 Å². The van der Waals surface area contributed by atoms with Crippen LogP contribution >= 0.6 is 0 Å². The molecule has 0 aliphatic heterocycles. The van der Waals surface area contributed by atoms with E-state index in [4.69, 9.17) is 4.74 Å².